The van der Waals surface area contributed by atoms with Crippen molar-refractivity contribution >= 4 is 28.3 Å². The molecule has 0 saturated carbocycles. The maximum Gasteiger partial charge on any atom is 0.242 e. The molecule has 0 aliphatic rings. The number of nitrogens with one attached hydrogen (secondary N) is 1. The topological polar surface area (TPSA) is 92.5 Å². The third-order valence-corrected chi connectivity index (χ3v) is 5.19. The molecule has 0 radical (unpaired) electrons. The van der Waals surface area contributed by atoms with Gasteiger partial charge in [-0.25, -0.2) is 12.7 Å². The summed E-state index contributed by atoms with van der Waals surface area (Å²) in [7, 11) is -0.447. The van der Waals surface area contributed by atoms with Gasteiger partial charge in [-0.2, -0.15) is 0 Å². The lowest BCUT2D eigenvalue weighted by Gasteiger charge is -2.16. The highest BCUT2D eigenvalue weighted by Crippen LogP contribution is 2.18. The van der Waals surface area contributed by atoms with Gasteiger partial charge in [-0.15, -0.1) is 12.4 Å². The van der Waals surface area contributed by atoms with Crippen LogP contribution in [0.4, 0.5) is 0 Å². The first-order valence-electron chi connectivity index (χ1n) is 7.22. The number of benzene rings is 1. The van der Waals surface area contributed by atoms with Gasteiger partial charge in [0.05, 0.1) is 10.9 Å². The molecule has 1 aromatic carbocycles. The summed E-state index contributed by atoms with van der Waals surface area (Å²) in [5.74, 6) is -0.0604. The minimum Gasteiger partial charge on any atom is -0.350 e. The summed E-state index contributed by atoms with van der Waals surface area (Å²) < 4.78 is 25.1. The van der Waals surface area contributed by atoms with Gasteiger partial charge in [0.1, 0.15) is 0 Å². The smallest absolute Gasteiger partial charge is 0.242 e. The molecular weight excluding hydrogens is 338 g/mol. The van der Waals surface area contributed by atoms with Crippen LogP contribution >= 0.6 is 12.4 Å². The van der Waals surface area contributed by atoms with Crippen LogP contribution in [0.3, 0.4) is 0 Å². The van der Waals surface area contributed by atoms with Gasteiger partial charge in [-0.1, -0.05) is 12.1 Å². The van der Waals surface area contributed by atoms with Gasteiger partial charge < -0.3 is 11.1 Å². The molecule has 1 aromatic rings. The van der Waals surface area contributed by atoms with Crippen molar-refractivity contribution in [2.24, 2.45) is 5.73 Å². The Morgan fingerprint density at radius 2 is 1.74 bits per heavy atom. The first kappa shape index (κ1) is 21.9. The van der Waals surface area contributed by atoms with Crippen molar-refractivity contribution < 1.29 is 13.2 Å². The molecule has 0 spiro atoms. The van der Waals surface area contributed by atoms with E-state index in [-0.39, 0.29) is 35.3 Å². The molecule has 1 rings (SSSR count). The molecule has 23 heavy (non-hydrogen) atoms. The number of amides is 1. The summed E-state index contributed by atoms with van der Waals surface area (Å²) in [6.45, 7) is 3.72. The molecule has 0 aliphatic heterocycles. The largest absolute Gasteiger partial charge is 0.350 e. The molecule has 3 N–H and O–H groups in total. The Labute approximate surface area is 144 Å². The fraction of sp³-hybridized carbons (Fsp3) is 0.533. The van der Waals surface area contributed by atoms with E-state index in [1.807, 2.05) is 13.8 Å². The van der Waals surface area contributed by atoms with E-state index in [9.17, 15) is 13.2 Å². The zero-order valence-corrected chi connectivity index (χ0v) is 15.6. The molecule has 2 atom stereocenters. The van der Waals surface area contributed by atoms with Crippen LogP contribution in [0.15, 0.2) is 29.2 Å². The molecule has 6 nitrogen and oxygen atoms in total. The fourth-order valence-electron chi connectivity index (χ4n) is 1.90. The van der Waals surface area contributed by atoms with Crippen LogP contribution in [-0.2, 0) is 14.8 Å². The summed E-state index contributed by atoms with van der Waals surface area (Å²) in [4.78, 5) is 12.0. The van der Waals surface area contributed by atoms with E-state index in [0.717, 1.165) is 5.56 Å². The number of carbonyl (C=O) groups is 1. The summed E-state index contributed by atoms with van der Waals surface area (Å²) in [5, 5.41) is 2.88. The van der Waals surface area contributed by atoms with Crippen LogP contribution in [0.5, 0.6) is 0 Å². The van der Waals surface area contributed by atoms with E-state index >= 15 is 0 Å². The SMILES string of the molecule is CC(N)CCC(=O)NC(C)c1ccc(S(=O)(=O)N(C)C)cc1.Cl. The van der Waals surface area contributed by atoms with Gasteiger partial charge in [0.25, 0.3) is 0 Å². The van der Waals surface area contributed by atoms with Gasteiger partial charge in [0, 0.05) is 26.6 Å². The quantitative estimate of drug-likeness (QED) is 0.770. The summed E-state index contributed by atoms with van der Waals surface area (Å²) in [5.41, 5.74) is 6.48. The number of sulfonamides is 1. The molecule has 0 fully saturated rings. The second kappa shape index (κ2) is 9.22. The maximum atomic E-state index is 12.0. The molecular formula is C15H26ClN3O3S. The Balaban J connectivity index is 0.00000484. The first-order chi connectivity index (χ1) is 10.1. The highest BCUT2D eigenvalue weighted by molar-refractivity contribution is 7.89. The first-order valence-corrected chi connectivity index (χ1v) is 8.66. The average molecular weight is 364 g/mol. The normalized spacial score (nSPS) is 14.0. The molecule has 1 amide bonds. The number of nitrogens with zero attached hydrogens (tertiary/aromatic N) is 1. The van der Waals surface area contributed by atoms with Crippen LogP contribution in [0.1, 0.15) is 38.3 Å². The molecule has 0 bridgehead atoms. The number of hydrogen-bond donors (Lipinski definition) is 2. The fourth-order valence-corrected chi connectivity index (χ4v) is 2.80. The van der Waals surface area contributed by atoms with Gasteiger partial charge in [-0.3, -0.25) is 4.79 Å². The number of nitrogens with two attached hydrogens (primary N) is 1. The molecule has 132 valence electrons. The van der Waals surface area contributed by atoms with Crippen molar-refractivity contribution in [1.82, 2.24) is 9.62 Å². The van der Waals surface area contributed by atoms with Crippen molar-refractivity contribution in [3.8, 4) is 0 Å². The zero-order valence-electron chi connectivity index (χ0n) is 13.9. The van der Waals surface area contributed by atoms with Gasteiger partial charge in [0.15, 0.2) is 0 Å². The minimum absolute atomic E-state index is 0. The number of halogens is 1. The summed E-state index contributed by atoms with van der Waals surface area (Å²) in [6.07, 6.45) is 1.02. The molecule has 0 aliphatic carbocycles. The van der Waals surface area contributed by atoms with Crippen LogP contribution < -0.4 is 11.1 Å². The Morgan fingerprint density at radius 3 is 2.17 bits per heavy atom. The molecule has 2 unspecified atom stereocenters. The van der Waals surface area contributed by atoms with Crippen molar-refractivity contribution in [2.75, 3.05) is 14.1 Å². The van der Waals surface area contributed by atoms with Crippen molar-refractivity contribution in [1.29, 1.82) is 0 Å². The molecule has 8 heteroatoms. The number of carbonyl (C=O) groups excluding carboxylic acids is 1. The number of hydrogen-bond acceptors (Lipinski definition) is 4. The van der Waals surface area contributed by atoms with Crippen LogP contribution in [-0.4, -0.2) is 38.8 Å². The Hall–Kier alpha value is -1.15. The number of rotatable bonds is 7. The summed E-state index contributed by atoms with van der Waals surface area (Å²) >= 11 is 0. The van der Waals surface area contributed by atoms with Crippen LogP contribution in [0.25, 0.3) is 0 Å². The predicted molar refractivity (Wildman–Crippen MR) is 94.0 cm³/mol. The highest BCUT2D eigenvalue weighted by Gasteiger charge is 2.17. The molecule has 0 saturated heterocycles. The average Bonchev–Trinajstić information content (AvgIpc) is 2.45. The van der Waals surface area contributed by atoms with Gasteiger partial charge in [0.2, 0.25) is 15.9 Å². The van der Waals surface area contributed by atoms with E-state index in [1.54, 1.807) is 24.3 Å². The Kier molecular flexibility index (Phi) is 8.76. The standard InChI is InChI=1S/C15H25N3O3S.ClH/c1-11(16)5-10-15(19)17-12(2)13-6-8-14(9-7-13)22(20,21)18(3)4;/h6-9,11-12H,5,10,16H2,1-4H3,(H,17,19);1H. The minimum atomic E-state index is -3.43. The van der Waals surface area contributed by atoms with Crippen molar-refractivity contribution in [3.63, 3.8) is 0 Å². The highest BCUT2D eigenvalue weighted by atomic mass is 35.5. The van der Waals surface area contributed by atoms with E-state index in [4.69, 9.17) is 5.73 Å². The molecule has 0 heterocycles. The monoisotopic (exact) mass is 363 g/mol. The lowest BCUT2D eigenvalue weighted by Crippen LogP contribution is -2.28. The lowest BCUT2D eigenvalue weighted by molar-refractivity contribution is -0.121. The zero-order chi connectivity index (χ0) is 16.9. The summed E-state index contributed by atoms with van der Waals surface area (Å²) in [6, 6.07) is 6.35. The van der Waals surface area contributed by atoms with Gasteiger partial charge in [-0.05, 0) is 38.0 Å². The third kappa shape index (κ3) is 6.47. The van der Waals surface area contributed by atoms with Crippen molar-refractivity contribution in [3.05, 3.63) is 29.8 Å². The van der Waals surface area contributed by atoms with Crippen LogP contribution in [0, 0.1) is 0 Å². The third-order valence-electron chi connectivity index (χ3n) is 3.36. The molecule has 0 aromatic heterocycles. The lowest BCUT2D eigenvalue weighted by atomic mass is 10.1. The van der Waals surface area contributed by atoms with E-state index in [2.05, 4.69) is 5.32 Å². The Bertz CT molecular complexity index is 601. The second-order valence-electron chi connectivity index (χ2n) is 5.66. The Morgan fingerprint density at radius 1 is 1.22 bits per heavy atom. The van der Waals surface area contributed by atoms with Gasteiger partial charge >= 0.3 is 0 Å². The predicted octanol–water partition coefficient (Wildman–Crippen LogP) is 1.66. The van der Waals surface area contributed by atoms with E-state index < -0.39 is 10.0 Å². The maximum absolute atomic E-state index is 12.0. The van der Waals surface area contributed by atoms with E-state index in [0.29, 0.717) is 12.8 Å². The van der Waals surface area contributed by atoms with Crippen molar-refractivity contribution in [2.45, 2.75) is 43.7 Å². The van der Waals surface area contributed by atoms with Crippen LogP contribution in [0.2, 0.25) is 0 Å². The second-order valence-corrected chi connectivity index (χ2v) is 7.81. The van der Waals surface area contributed by atoms with E-state index in [1.165, 1.54) is 18.4 Å².